The highest BCUT2D eigenvalue weighted by atomic mass is 19.4. The van der Waals surface area contributed by atoms with Gasteiger partial charge in [0.25, 0.3) is 0 Å². The third kappa shape index (κ3) is 3.60. The van der Waals surface area contributed by atoms with E-state index >= 15 is 0 Å². The van der Waals surface area contributed by atoms with Gasteiger partial charge in [-0.05, 0) is 6.42 Å². The van der Waals surface area contributed by atoms with E-state index in [2.05, 4.69) is 15.2 Å². The molecule has 1 N–H and O–H groups in total. The minimum Gasteiger partial charge on any atom is -0.396 e. The molecule has 0 atom stereocenters. The van der Waals surface area contributed by atoms with Crippen molar-refractivity contribution in [2.45, 2.75) is 38.9 Å². The third-order valence-corrected chi connectivity index (χ3v) is 2.78. The van der Waals surface area contributed by atoms with Crippen molar-refractivity contribution in [3.05, 3.63) is 29.2 Å². The Kier molecular flexibility index (Phi) is 4.31. The largest absolute Gasteiger partial charge is 0.435 e. The van der Waals surface area contributed by atoms with Crippen molar-refractivity contribution < 1.29 is 22.8 Å². The van der Waals surface area contributed by atoms with Crippen molar-refractivity contribution in [3.63, 3.8) is 0 Å². The first-order valence-electron chi connectivity index (χ1n) is 6.38. The summed E-state index contributed by atoms with van der Waals surface area (Å²) in [6.07, 6.45) is -3.44. The van der Waals surface area contributed by atoms with Crippen LogP contribution in [0.2, 0.25) is 0 Å². The van der Waals surface area contributed by atoms with E-state index in [1.807, 2.05) is 13.8 Å². The molecular formula is C12H15F3N4O2. The first-order chi connectivity index (χ1) is 9.81. The van der Waals surface area contributed by atoms with Crippen LogP contribution in [-0.2, 0) is 19.1 Å². The molecule has 2 aromatic heterocycles. The monoisotopic (exact) mass is 304 g/mol. The molecule has 0 aromatic carbocycles. The lowest BCUT2D eigenvalue weighted by atomic mass is 10.2. The Morgan fingerprint density at radius 1 is 1.38 bits per heavy atom. The van der Waals surface area contributed by atoms with Crippen LogP contribution in [0.3, 0.4) is 0 Å². The van der Waals surface area contributed by atoms with Crippen molar-refractivity contribution in [2.24, 2.45) is 0 Å². The number of halogens is 3. The van der Waals surface area contributed by atoms with Gasteiger partial charge in [0, 0.05) is 24.3 Å². The van der Waals surface area contributed by atoms with Crippen molar-refractivity contribution in [1.29, 1.82) is 0 Å². The lowest BCUT2D eigenvalue weighted by Gasteiger charge is -2.04. The Hall–Kier alpha value is -1.90. The predicted molar refractivity (Wildman–Crippen MR) is 65.5 cm³/mol. The van der Waals surface area contributed by atoms with Gasteiger partial charge in [-0.25, -0.2) is 0 Å². The first kappa shape index (κ1) is 15.5. The van der Waals surface area contributed by atoms with Crippen molar-refractivity contribution >= 4 is 0 Å². The standard InChI is InChI=1S/C12H15F3N4O2/c1-7(2)11-16-9(21-18-11)6-19-5-8(3-4-20)10(17-19)12(13,14)15/h5,7,20H,3-4,6H2,1-2H3. The second-order valence-corrected chi connectivity index (χ2v) is 4.87. The molecule has 6 nitrogen and oxygen atoms in total. The van der Waals surface area contributed by atoms with E-state index in [0.717, 1.165) is 4.68 Å². The predicted octanol–water partition coefficient (Wildman–Crippen LogP) is 1.99. The van der Waals surface area contributed by atoms with E-state index in [-0.39, 0.29) is 36.9 Å². The topological polar surface area (TPSA) is 77.0 Å². The number of alkyl halides is 3. The van der Waals surface area contributed by atoms with Gasteiger partial charge in [-0.1, -0.05) is 19.0 Å². The molecule has 0 aliphatic heterocycles. The Balaban J connectivity index is 2.23. The molecule has 0 bridgehead atoms. The highest BCUT2D eigenvalue weighted by molar-refractivity contribution is 5.20. The van der Waals surface area contributed by atoms with E-state index < -0.39 is 11.9 Å². The lowest BCUT2D eigenvalue weighted by molar-refractivity contribution is -0.142. The van der Waals surface area contributed by atoms with Gasteiger partial charge in [0.2, 0.25) is 5.89 Å². The third-order valence-electron chi connectivity index (χ3n) is 2.78. The highest BCUT2D eigenvalue weighted by Gasteiger charge is 2.37. The summed E-state index contributed by atoms with van der Waals surface area (Å²) in [4.78, 5) is 4.08. The Morgan fingerprint density at radius 2 is 2.10 bits per heavy atom. The van der Waals surface area contributed by atoms with Crippen molar-refractivity contribution in [2.75, 3.05) is 6.61 Å². The summed E-state index contributed by atoms with van der Waals surface area (Å²) < 4.78 is 44.5. The molecule has 2 aromatic rings. The van der Waals surface area contributed by atoms with Crippen LogP contribution in [0.15, 0.2) is 10.7 Å². The summed E-state index contributed by atoms with van der Waals surface area (Å²) >= 11 is 0. The number of rotatable bonds is 5. The van der Waals surface area contributed by atoms with Gasteiger partial charge in [-0.2, -0.15) is 23.3 Å². The van der Waals surface area contributed by atoms with Gasteiger partial charge in [-0.3, -0.25) is 4.68 Å². The molecule has 9 heteroatoms. The summed E-state index contributed by atoms with van der Waals surface area (Å²) in [6.45, 7) is 3.33. The number of aliphatic hydroxyl groups is 1. The molecule has 0 fully saturated rings. The normalized spacial score (nSPS) is 12.3. The van der Waals surface area contributed by atoms with Crippen LogP contribution in [0.5, 0.6) is 0 Å². The number of hydrogen-bond acceptors (Lipinski definition) is 5. The minimum absolute atomic E-state index is 0.0474. The zero-order valence-electron chi connectivity index (χ0n) is 11.6. The Morgan fingerprint density at radius 3 is 2.62 bits per heavy atom. The molecule has 0 saturated heterocycles. The zero-order chi connectivity index (χ0) is 15.6. The van der Waals surface area contributed by atoms with E-state index in [9.17, 15) is 13.2 Å². The molecule has 0 saturated carbocycles. The fourth-order valence-electron chi connectivity index (χ4n) is 1.79. The zero-order valence-corrected chi connectivity index (χ0v) is 11.6. The van der Waals surface area contributed by atoms with E-state index in [4.69, 9.17) is 9.63 Å². The molecular weight excluding hydrogens is 289 g/mol. The van der Waals surface area contributed by atoms with Crippen LogP contribution in [-0.4, -0.2) is 31.6 Å². The molecule has 0 radical (unpaired) electrons. The fourth-order valence-corrected chi connectivity index (χ4v) is 1.79. The summed E-state index contributed by atoms with van der Waals surface area (Å²) in [5.41, 5.74) is -1.06. The van der Waals surface area contributed by atoms with E-state index in [1.54, 1.807) is 0 Å². The number of aromatic nitrogens is 4. The summed E-state index contributed by atoms with van der Waals surface area (Å²) in [6, 6.07) is 0. The minimum atomic E-state index is -4.56. The fraction of sp³-hybridized carbons (Fsp3) is 0.583. The average molecular weight is 304 g/mol. The first-order valence-corrected chi connectivity index (χ1v) is 6.38. The van der Waals surface area contributed by atoms with Gasteiger partial charge < -0.3 is 9.63 Å². The van der Waals surface area contributed by atoms with Crippen LogP contribution in [0.25, 0.3) is 0 Å². The Bertz CT molecular complexity index is 604. The highest BCUT2D eigenvalue weighted by Crippen LogP contribution is 2.31. The van der Waals surface area contributed by atoms with Gasteiger partial charge in [0.15, 0.2) is 11.5 Å². The molecule has 21 heavy (non-hydrogen) atoms. The van der Waals surface area contributed by atoms with Gasteiger partial charge in [-0.15, -0.1) is 0 Å². The lowest BCUT2D eigenvalue weighted by Crippen LogP contribution is -2.11. The molecule has 0 aliphatic rings. The van der Waals surface area contributed by atoms with Crippen molar-refractivity contribution in [1.82, 2.24) is 19.9 Å². The average Bonchev–Trinajstić information content (AvgIpc) is 2.96. The summed E-state index contributed by atoms with van der Waals surface area (Å²) in [5.74, 6) is 0.741. The van der Waals surface area contributed by atoms with Gasteiger partial charge in [0.05, 0.1) is 0 Å². The molecule has 2 heterocycles. The SMILES string of the molecule is CC(C)c1noc(Cn2cc(CCO)c(C(F)(F)F)n2)n1. The molecule has 0 amide bonds. The molecule has 2 rings (SSSR count). The second kappa shape index (κ2) is 5.84. The Labute approximate surface area is 118 Å². The van der Waals surface area contributed by atoms with Crippen LogP contribution >= 0.6 is 0 Å². The molecule has 0 aliphatic carbocycles. The maximum Gasteiger partial charge on any atom is 0.435 e. The van der Waals surface area contributed by atoms with Gasteiger partial charge in [0.1, 0.15) is 6.54 Å². The summed E-state index contributed by atoms with van der Waals surface area (Å²) in [7, 11) is 0. The molecule has 116 valence electrons. The number of hydrogen-bond donors (Lipinski definition) is 1. The number of nitrogens with zero attached hydrogens (tertiary/aromatic N) is 4. The summed E-state index contributed by atoms with van der Waals surface area (Å²) in [5, 5.41) is 16.1. The van der Waals surface area contributed by atoms with Crippen LogP contribution in [0.4, 0.5) is 13.2 Å². The quantitative estimate of drug-likeness (QED) is 0.914. The maximum absolute atomic E-state index is 12.8. The van der Waals surface area contributed by atoms with E-state index in [0.29, 0.717) is 5.82 Å². The van der Waals surface area contributed by atoms with Gasteiger partial charge >= 0.3 is 6.18 Å². The van der Waals surface area contributed by atoms with Crippen LogP contribution < -0.4 is 0 Å². The van der Waals surface area contributed by atoms with Crippen molar-refractivity contribution in [3.8, 4) is 0 Å². The second-order valence-electron chi connectivity index (χ2n) is 4.87. The maximum atomic E-state index is 12.8. The van der Waals surface area contributed by atoms with Crippen LogP contribution in [0, 0.1) is 0 Å². The number of aliphatic hydroxyl groups excluding tert-OH is 1. The smallest absolute Gasteiger partial charge is 0.396 e. The molecule has 0 spiro atoms. The molecule has 0 unspecified atom stereocenters. The van der Waals surface area contributed by atoms with Crippen LogP contribution in [0.1, 0.15) is 42.7 Å². The van der Waals surface area contributed by atoms with E-state index in [1.165, 1.54) is 6.20 Å².